The lowest BCUT2D eigenvalue weighted by molar-refractivity contribution is -0.269. The van der Waals surface area contributed by atoms with E-state index < -0.39 is 5.79 Å². The number of hydrogen-bond acceptors (Lipinski definition) is 3. The molecule has 1 saturated heterocycles. The Morgan fingerprint density at radius 2 is 1.60 bits per heavy atom. The first kappa shape index (κ1) is 14.1. The Kier molecular flexibility index (Phi) is 4.39. The fourth-order valence-electron chi connectivity index (χ4n) is 3.42. The third kappa shape index (κ3) is 2.76. The summed E-state index contributed by atoms with van der Waals surface area (Å²) in [6.07, 6.45) is 7.73. The zero-order valence-electron chi connectivity index (χ0n) is 12.1. The highest BCUT2D eigenvalue weighted by Gasteiger charge is 2.35. The van der Waals surface area contributed by atoms with Crippen LogP contribution < -0.4 is 5.73 Å². The number of hydrogen-bond donors (Lipinski definition) is 1. The SMILES string of the molecule is NCC1(c2ccc(C3CCCCC3)cc2)OCCCO1. The van der Waals surface area contributed by atoms with E-state index in [9.17, 15) is 0 Å². The second-order valence-corrected chi connectivity index (χ2v) is 5.96. The second kappa shape index (κ2) is 6.25. The van der Waals surface area contributed by atoms with Crippen LogP contribution in [0, 0.1) is 0 Å². The summed E-state index contributed by atoms with van der Waals surface area (Å²) in [5, 5.41) is 0. The van der Waals surface area contributed by atoms with Gasteiger partial charge in [-0.25, -0.2) is 0 Å². The maximum Gasteiger partial charge on any atom is 0.207 e. The van der Waals surface area contributed by atoms with E-state index in [2.05, 4.69) is 24.3 Å². The summed E-state index contributed by atoms with van der Waals surface area (Å²) >= 11 is 0. The van der Waals surface area contributed by atoms with Gasteiger partial charge in [0.1, 0.15) is 0 Å². The van der Waals surface area contributed by atoms with Gasteiger partial charge in [0, 0.05) is 5.56 Å². The fourth-order valence-corrected chi connectivity index (χ4v) is 3.42. The molecule has 0 spiro atoms. The highest BCUT2D eigenvalue weighted by molar-refractivity contribution is 5.29. The first-order valence-electron chi connectivity index (χ1n) is 7.92. The fraction of sp³-hybridized carbons (Fsp3) is 0.647. The van der Waals surface area contributed by atoms with Gasteiger partial charge in [0.25, 0.3) is 0 Å². The lowest BCUT2D eigenvalue weighted by Crippen LogP contribution is -2.44. The predicted molar refractivity (Wildman–Crippen MR) is 79.5 cm³/mol. The molecule has 1 saturated carbocycles. The highest BCUT2D eigenvalue weighted by atomic mass is 16.7. The van der Waals surface area contributed by atoms with Crippen molar-refractivity contribution in [2.45, 2.75) is 50.2 Å². The molecule has 3 nitrogen and oxygen atoms in total. The van der Waals surface area contributed by atoms with Gasteiger partial charge >= 0.3 is 0 Å². The first-order valence-corrected chi connectivity index (χ1v) is 7.92. The molecule has 0 atom stereocenters. The molecule has 2 aliphatic rings. The Labute approximate surface area is 121 Å². The molecule has 0 aromatic heterocycles. The van der Waals surface area contributed by atoms with Gasteiger partial charge in [-0.2, -0.15) is 0 Å². The molecule has 1 heterocycles. The molecular formula is C17H25NO2. The molecule has 20 heavy (non-hydrogen) atoms. The molecule has 1 aliphatic carbocycles. The average molecular weight is 275 g/mol. The van der Waals surface area contributed by atoms with E-state index in [0.29, 0.717) is 6.54 Å². The van der Waals surface area contributed by atoms with Gasteiger partial charge in [0.05, 0.1) is 19.8 Å². The summed E-state index contributed by atoms with van der Waals surface area (Å²) in [4.78, 5) is 0. The van der Waals surface area contributed by atoms with Gasteiger partial charge in [-0.05, 0) is 30.7 Å². The van der Waals surface area contributed by atoms with Crippen LogP contribution in [0.25, 0.3) is 0 Å². The zero-order chi connectivity index (χ0) is 13.8. The maximum atomic E-state index is 5.90. The van der Waals surface area contributed by atoms with Crippen LogP contribution >= 0.6 is 0 Å². The minimum absolute atomic E-state index is 0.371. The minimum Gasteiger partial charge on any atom is -0.345 e. The monoisotopic (exact) mass is 275 g/mol. The van der Waals surface area contributed by atoms with Crippen molar-refractivity contribution in [3.8, 4) is 0 Å². The smallest absolute Gasteiger partial charge is 0.207 e. The number of benzene rings is 1. The minimum atomic E-state index is -0.719. The second-order valence-electron chi connectivity index (χ2n) is 5.96. The molecule has 1 aromatic carbocycles. The maximum absolute atomic E-state index is 5.90. The van der Waals surface area contributed by atoms with Crippen molar-refractivity contribution in [2.24, 2.45) is 5.73 Å². The largest absolute Gasteiger partial charge is 0.345 e. The molecule has 0 radical (unpaired) electrons. The van der Waals surface area contributed by atoms with Gasteiger partial charge < -0.3 is 15.2 Å². The zero-order valence-corrected chi connectivity index (χ0v) is 12.1. The quantitative estimate of drug-likeness (QED) is 0.920. The Bertz CT molecular complexity index is 417. The van der Waals surface area contributed by atoms with Gasteiger partial charge in [-0.1, -0.05) is 43.5 Å². The summed E-state index contributed by atoms with van der Waals surface area (Å²) in [5.74, 6) is 0.0170. The number of ether oxygens (including phenoxy) is 2. The van der Waals surface area contributed by atoms with Crippen molar-refractivity contribution in [3.05, 3.63) is 35.4 Å². The van der Waals surface area contributed by atoms with E-state index in [1.807, 2.05) is 0 Å². The third-order valence-electron chi connectivity index (χ3n) is 4.65. The van der Waals surface area contributed by atoms with E-state index in [-0.39, 0.29) is 0 Å². The number of nitrogens with two attached hydrogens (primary N) is 1. The lowest BCUT2D eigenvalue weighted by Gasteiger charge is -2.36. The van der Waals surface area contributed by atoms with Crippen LogP contribution in [0.2, 0.25) is 0 Å². The highest BCUT2D eigenvalue weighted by Crippen LogP contribution is 2.35. The molecule has 0 amide bonds. The van der Waals surface area contributed by atoms with Crippen LogP contribution in [0.1, 0.15) is 55.6 Å². The van der Waals surface area contributed by atoms with Crippen molar-refractivity contribution < 1.29 is 9.47 Å². The summed E-state index contributed by atoms with van der Waals surface area (Å²) in [6.45, 7) is 1.82. The molecule has 3 rings (SSSR count). The van der Waals surface area contributed by atoms with E-state index in [1.54, 1.807) is 0 Å². The summed E-state index contributed by atoms with van der Waals surface area (Å²) in [5.41, 5.74) is 8.41. The third-order valence-corrected chi connectivity index (χ3v) is 4.65. The van der Waals surface area contributed by atoms with Crippen molar-refractivity contribution in [3.63, 3.8) is 0 Å². The van der Waals surface area contributed by atoms with Crippen molar-refractivity contribution in [2.75, 3.05) is 19.8 Å². The molecule has 110 valence electrons. The Morgan fingerprint density at radius 3 is 2.20 bits per heavy atom. The van der Waals surface area contributed by atoms with E-state index in [1.165, 1.54) is 37.7 Å². The van der Waals surface area contributed by atoms with Gasteiger partial charge in [0.2, 0.25) is 5.79 Å². The molecular weight excluding hydrogens is 250 g/mol. The molecule has 1 aliphatic heterocycles. The van der Waals surface area contributed by atoms with Gasteiger partial charge in [-0.15, -0.1) is 0 Å². The van der Waals surface area contributed by atoms with Crippen LogP contribution in [-0.2, 0) is 15.3 Å². The van der Waals surface area contributed by atoms with Crippen LogP contribution in [0.15, 0.2) is 24.3 Å². The van der Waals surface area contributed by atoms with Crippen LogP contribution in [0.4, 0.5) is 0 Å². The van der Waals surface area contributed by atoms with Crippen LogP contribution in [-0.4, -0.2) is 19.8 Å². The Balaban J connectivity index is 1.77. The standard InChI is InChI=1S/C17H25NO2/c18-13-17(19-11-4-12-20-17)16-9-7-15(8-10-16)14-5-2-1-3-6-14/h7-10,14H,1-6,11-13,18H2. The number of rotatable bonds is 3. The Hall–Kier alpha value is -0.900. The predicted octanol–water partition coefficient (Wildman–Crippen LogP) is 3.28. The van der Waals surface area contributed by atoms with E-state index in [4.69, 9.17) is 15.2 Å². The van der Waals surface area contributed by atoms with Gasteiger partial charge in [0.15, 0.2) is 0 Å². The summed E-state index contributed by atoms with van der Waals surface area (Å²) in [6, 6.07) is 8.76. The molecule has 2 N–H and O–H groups in total. The van der Waals surface area contributed by atoms with Crippen molar-refractivity contribution in [1.82, 2.24) is 0 Å². The van der Waals surface area contributed by atoms with Crippen LogP contribution in [0.5, 0.6) is 0 Å². The molecule has 0 bridgehead atoms. The summed E-state index contributed by atoms with van der Waals surface area (Å²) in [7, 11) is 0. The normalized spacial score (nSPS) is 23.6. The lowest BCUT2D eigenvalue weighted by atomic mass is 9.83. The Morgan fingerprint density at radius 1 is 0.950 bits per heavy atom. The topological polar surface area (TPSA) is 44.5 Å². The average Bonchev–Trinajstić information content (AvgIpc) is 2.56. The first-order chi connectivity index (χ1) is 9.84. The van der Waals surface area contributed by atoms with E-state index >= 15 is 0 Å². The van der Waals surface area contributed by atoms with Crippen molar-refractivity contribution >= 4 is 0 Å². The molecule has 2 fully saturated rings. The molecule has 1 aromatic rings. The molecule has 3 heteroatoms. The van der Waals surface area contributed by atoms with E-state index in [0.717, 1.165) is 31.1 Å². The summed E-state index contributed by atoms with van der Waals surface area (Å²) < 4.78 is 11.7. The van der Waals surface area contributed by atoms with Crippen molar-refractivity contribution in [1.29, 1.82) is 0 Å². The van der Waals surface area contributed by atoms with Gasteiger partial charge in [-0.3, -0.25) is 0 Å². The van der Waals surface area contributed by atoms with Crippen LogP contribution in [0.3, 0.4) is 0 Å². The molecule has 0 unspecified atom stereocenters.